The third-order valence-electron chi connectivity index (χ3n) is 2.99. The second kappa shape index (κ2) is 6.16. The number of nitriles is 1. The zero-order valence-corrected chi connectivity index (χ0v) is 13.1. The van der Waals surface area contributed by atoms with Gasteiger partial charge in [-0.1, -0.05) is 23.2 Å². The van der Waals surface area contributed by atoms with Crippen LogP contribution in [0.25, 0.3) is 5.69 Å². The number of halogens is 2. The van der Waals surface area contributed by atoms with Crippen LogP contribution in [0.5, 0.6) is 0 Å². The molecule has 0 aliphatic heterocycles. The Labute approximate surface area is 139 Å². The van der Waals surface area contributed by atoms with Gasteiger partial charge >= 0.3 is 5.97 Å². The average Bonchev–Trinajstić information content (AvgIpc) is 2.82. The van der Waals surface area contributed by atoms with E-state index in [9.17, 15) is 14.9 Å². The van der Waals surface area contributed by atoms with Crippen LogP contribution in [0.1, 0.15) is 16.1 Å². The summed E-state index contributed by atoms with van der Waals surface area (Å²) in [5.74, 6) is -0.871. The van der Waals surface area contributed by atoms with Gasteiger partial charge in [-0.15, -0.1) is 0 Å². The van der Waals surface area contributed by atoms with Crippen molar-refractivity contribution in [2.24, 2.45) is 0 Å². The van der Waals surface area contributed by atoms with Crippen molar-refractivity contribution in [3.63, 3.8) is 0 Å². The summed E-state index contributed by atoms with van der Waals surface area (Å²) in [5.41, 5.74) is 4.70. The number of nitro benzene ring substituents is 1. The minimum atomic E-state index is -0.871. The first kappa shape index (κ1) is 16.6. The first-order chi connectivity index (χ1) is 10.8. The molecule has 1 aromatic heterocycles. The van der Waals surface area contributed by atoms with E-state index < -0.39 is 16.6 Å². The third-order valence-corrected chi connectivity index (χ3v) is 3.50. The molecule has 0 unspecified atom stereocenters. The Morgan fingerprint density at radius 2 is 2.13 bits per heavy atom. The lowest BCUT2D eigenvalue weighted by Crippen LogP contribution is -2.12. The summed E-state index contributed by atoms with van der Waals surface area (Å²) < 4.78 is 5.66. The summed E-state index contributed by atoms with van der Waals surface area (Å²) in [4.78, 5) is 22.5. The highest BCUT2D eigenvalue weighted by Gasteiger charge is 2.28. The fourth-order valence-electron chi connectivity index (χ4n) is 2.02. The number of nitro groups is 1. The van der Waals surface area contributed by atoms with Crippen molar-refractivity contribution in [3.8, 4) is 11.8 Å². The predicted octanol–water partition coefficient (Wildman–Crippen LogP) is 2.93. The van der Waals surface area contributed by atoms with Gasteiger partial charge in [0.25, 0.3) is 5.69 Å². The van der Waals surface area contributed by atoms with Crippen LogP contribution in [0.15, 0.2) is 18.3 Å². The molecule has 0 aliphatic rings. The van der Waals surface area contributed by atoms with E-state index in [0.29, 0.717) is 0 Å². The molecule has 0 spiro atoms. The van der Waals surface area contributed by atoms with Crippen molar-refractivity contribution in [2.75, 3.05) is 12.8 Å². The van der Waals surface area contributed by atoms with E-state index in [-0.39, 0.29) is 32.7 Å². The average molecular weight is 355 g/mol. The van der Waals surface area contributed by atoms with E-state index in [2.05, 4.69) is 4.74 Å². The van der Waals surface area contributed by atoms with E-state index in [1.807, 2.05) is 0 Å². The number of hydrogen-bond donors (Lipinski definition) is 1. The van der Waals surface area contributed by atoms with Crippen LogP contribution in [-0.2, 0) is 4.74 Å². The third kappa shape index (κ3) is 2.79. The maximum absolute atomic E-state index is 11.9. The van der Waals surface area contributed by atoms with Crippen molar-refractivity contribution < 1.29 is 14.5 Å². The molecule has 8 nitrogen and oxygen atoms in total. The zero-order chi connectivity index (χ0) is 17.3. The number of hydrogen-bond acceptors (Lipinski definition) is 6. The molecule has 118 valence electrons. The van der Waals surface area contributed by atoms with Gasteiger partial charge in [-0.3, -0.25) is 10.1 Å². The maximum atomic E-state index is 11.9. The van der Waals surface area contributed by atoms with Crippen molar-refractivity contribution in [2.45, 2.75) is 0 Å². The number of nitrogens with two attached hydrogens (primary N) is 1. The molecule has 1 heterocycles. The molecule has 2 rings (SSSR count). The van der Waals surface area contributed by atoms with Gasteiger partial charge in [0.05, 0.1) is 28.3 Å². The summed E-state index contributed by atoms with van der Waals surface area (Å²) in [6.45, 7) is 0. The standard InChI is InChI=1S/C13H8Cl2N4O4/c1-23-13(20)12-10(17)6(4-16)5-18(12)11-8(15)2-7(14)3-9(11)19(21)22/h2-3,5H,17H2,1H3. The predicted molar refractivity (Wildman–Crippen MR) is 82.9 cm³/mol. The second-order valence-corrected chi connectivity index (χ2v) is 5.13. The lowest BCUT2D eigenvalue weighted by Gasteiger charge is -2.11. The molecule has 0 saturated heterocycles. The Morgan fingerprint density at radius 1 is 1.48 bits per heavy atom. The second-order valence-electron chi connectivity index (χ2n) is 4.29. The minimum absolute atomic E-state index is 0.0469. The fraction of sp³-hybridized carbons (Fsp3) is 0.0769. The van der Waals surface area contributed by atoms with Crippen LogP contribution < -0.4 is 5.73 Å². The zero-order valence-electron chi connectivity index (χ0n) is 11.5. The monoisotopic (exact) mass is 354 g/mol. The number of esters is 1. The van der Waals surface area contributed by atoms with Gasteiger partial charge in [-0.2, -0.15) is 5.26 Å². The lowest BCUT2D eigenvalue weighted by molar-refractivity contribution is -0.384. The van der Waals surface area contributed by atoms with E-state index in [1.165, 1.54) is 12.3 Å². The number of nitrogens with zero attached hydrogens (tertiary/aromatic N) is 3. The molecule has 23 heavy (non-hydrogen) atoms. The maximum Gasteiger partial charge on any atom is 0.357 e. The molecular formula is C13H8Cl2N4O4. The topological polar surface area (TPSA) is 124 Å². The molecule has 10 heteroatoms. The SMILES string of the molecule is COC(=O)c1c(N)c(C#N)cn1-c1c(Cl)cc(Cl)cc1[N+](=O)[O-]. The van der Waals surface area contributed by atoms with Gasteiger partial charge < -0.3 is 15.0 Å². The molecule has 0 aliphatic carbocycles. The molecule has 0 saturated carbocycles. The molecule has 0 fully saturated rings. The van der Waals surface area contributed by atoms with Crippen LogP contribution in [0.4, 0.5) is 11.4 Å². The highest BCUT2D eigenvalue weighted by molar-refractivity contribution is 6.36. The number of methoxy groups -OCH3 is 1. The van der Waals surface area contributed by atoms with Gasteiger partial charge in [0, 0.05) is 17.3 Å². The number of rotatable bonds is 3. The molecular weight excluding hydrogens is 347 g/mol. The highest BCUT2D eigenvalue weighted by atomic mass is 35.5. The highest BCUT2D eigenvalue weighted by Crippen LogP contribution is 2.37. The number of aromatic nitrogens is 1. The quantitative estimate of drug-likeness (QED) is 0.513. The van der Waals surface area contributed by atoms with Gasteiger partial charge in [0.15, 0.2) is 5.69 Å². The first-order valence-corrected chi connectivity index (χ1v) is 6.70. The summed E-state index contributed by atoms with van der Waals surface area (Å²) in [7, 11) is 1.11. The van der Waals surface area contributed by atoms with Crippen molar-refractivity contribution >= 4 is 40.5 Å². The molecule has 0 radical (unpaired) electrons. The number of carbonyl (C=O) groups is 1. The molecule has 2 N–H and O–H groups in total. The van der Waals surface area contributed by atoms with Crippen LogP contribution >= 0.6 is 23.2 Å². The molecule has 0 atom stereocenters. The Bertz CT molecular complexity index is 870. The molecule has 0 amide bonds. The van der Waals surface area contributed by atoms with E-state index in [0.717, 1.165) is 17.7 Å². The molecule has 1 aromatic carbocycles. The Morgan fingerprint density at radius 3 is 2.65 bits per heavy atom. The summed E-state index contributed by atoms with van der Waals surface area (Å²) in [5, 5.41) is 20.3. The van der Waals surface area contributed by atoms with Gasteiger partial charge in [0.1, 0.15) is 11.8 Å². The van der Waals surface area contributed by atoms with E-state index >= 15 is 0 Å². The molecule has 2 aromatic rings. The van der Waals surface area contributed by atoms with E-state index in [1.54, 1.807) is 6.07 Å². The fourth-order valence-corrected chi connectivity index (χ4v) is 2.59. The number of benzene rings is 1. The van der Waals surface area contributed by atoms with Crippen LogP contribution in [-0.4, -0.2) is 22.6 Å². The minimum Gasteiger partial charge on any atom is -0.464 e. The summed E-state index contributed by atoms with van der Waals surface area (Å²) in [6, 6.07) is 4.14. The summed E-state index contributed by atoms with van der Waals surface area (Å²) in [6.07, 6.45) is 1.17. The van der Waals surface area contributed by atoms with Crippen molar-refractivity contribution in [1.29, 1.82) is 5.26 Å². The molecule has 0 bridgehead atoms. The Balaban J connectivity index is 2.91. The Hall–Kier alpha value is -2.76. The van der Waals surface area contributed by atoms with Crippen LogP contribution in [0.2, 0.25) is 10.0 Å². The van der Waals surface area contributed by atoms with Crippen LogP contribution in [0, 0.1) is 21.4 Å². The Kier molecular flexibility index (Phi) is 4.45. The van der Waals surface area contributed by atoms with Gasteiger partial charge in [-0.05, 0) is 6.07 Å². The normalized spacial score (nSPS) is 10.2. The number of nitrogen functional groups attached to an aromatic ring is 1. The van der Waals surface area contributed by atoms with Gasteiger partial charge in [0.2, 0.25) is 0 Å². The van der Waals surface area contributed by atoms with Gasteiger partial charge in [-0.25, -0.2) is 4.79 Å². The number of anilines is 1. The summed E-state index contributed by atoms with van der Waals surface area (Å²) >= 11 is 11.8. The van der Waals surface area contributed by atoms with E-state index in [4.69, 9.17) is 34.2 Å². The number of ether oxygens (including phenoxy) is 1. The van der Waals surface area contributed by atoms with Crippen LogP contribution in [0.3, 0.4) is 0 Å². The smallest absolute Gasteiger partial charge is 0.357 e. The lowest BCUT2D eigenvalue weighted by atomic mass is 10.2. The largest absolute Gasteiger partial charge is 0.464 e. The van der Waals surface area contributed by atoms with Crippen molar-refractivity contribution in [1.82, 2.24) is 4.57 Å². The first-order valence-electron chi connectivity index (χ1n) is 5.94. The van der Waals surface area contributed by atoms with Crippen molar-refractivity contribution in [3.05, 3.63) is 49.7 Å². The number of carbonyl (C=O) groups excluding carboxylic acids is 1.